The fourth-order valence-electron chi connectivity index (χ4n) is 2.40. The van der Waals surface area contributed by atoms with E-state index in [1.165, 1.54) is 16.7 Å². The van der Waals surface area contributed by atoms with Crippen molar-refractivity contribution >= 4 is 28.1 Å². The van der Waals surface area contributed by atoms with Gasteiger partial charge in [0.2, 0.25) is 5.91 Å². The molecule has 1 N–H and O–H groups in total. The minimum atomic E-state index is 0.0755. The second-order valence-corrected chi connectivity index (χ2v) is 6.20. The second-order valence-electron chi connectivity index (χ2n) is 5.26. The number of benzene rings is 1. The smallest absolute Gasteiger partial charge is 0.228 e. The van der Waals surface area contributed by atoms with E-state index < -0.39 is 0 Å². The van der Waals surface area contributed by atoms with Gasteiger partial charge in [-0.15, -0.1) is 11.3 Å². The lowest BCUT2D eigenvalue weighted by molar-refractivity contribution is -0.127. The highest BCUT2D eigenvalue weighted by atomic mass is 32.1. The summed E-state index contributed by atoms with van der Waals surface area (Å²) < 4.78 is 0. The monoisotopic (exact) mass is 299 g/mol. The van der Waals surface area contributed by atoms with Gasteiger partial charge in [-0.3, -0.25) is 4.79 Å². The molecule has 3 aromatic rings. The summed E-state index contributed by atoms with van der Waals surface area (Å²) in [5.74, 6) is 0.0755. The molecule has 0 aliphatic rings. The van der Waals surface area contributed by atoms with Crippen molar-refractivity contribution in [3.05, 3.63) is 40.3 Å². The molecule has 0 spiro atoms. The van der Waals surface area contributed by atoms with Crippen LogP contribution in [0.15, 0.2) is 29.6 Å². The molecule has 1 aromatic carbocycles. The molecule has 2 heterocycles. The van der Waals surface area contributed by atoms with Crippen LogP contribution in [0.5, 0.6) is 0 Å². The number of nitrogens with zero attached hydrogens (tertiary/aromatic N) is 2. The Morgan fingerprint density at radius 2 is 2.10 bits per heavy atom. The third kappa shape index (κ3) is 2.56. The van der Waals surface area contributed by atoms with E-state index >= 15 is 0 Å². The molecule has 2 aromatic heterocycles. The Hall–Kier alpha value is -2.14. The maximum atomic E-state index is 11.8. The molecule has 5 heteroatoms. The zero-order valence-electron chi connectivity index (χ0n) is 12.3. The number of H-pyrrole nitrogens is 1. The zero-order valence-corrected chi connectivity index (χ0v) is 13.1. The number of carbonyl (C=O) groups is 1. The van der Waals surface area contributed by atoms with Crippen molar-refractivity contribution in [2.75, 3.05) is 14.1 Å². The lowest BCUT2D eigenvalue weighted by atomic mass is 10.1. The third-order valence-electron chi connectivity index (χ3n) is 3.50. The van der Waals surface area contributed by atoms with Gasteiger partial charge in [-0.25, -0.2) is 4.98 Å². The average Bonchev–Trinajstić information content (AvgIpc) is 3.01. The molecule has 0 saturated carbocycles. The van der Waals surface area contributed by atoms with Crippen molar-refractivity contribution in [2.24, 2.45) is 0 Å². The molecular weight excluding hydrogens is 282 g/mol. The van der Waals surface area contributed by atoms with Gasteiger partial charge < -0.3 is 9.88 Å². The van der Waals surface area contributed by atoms with Crippen LogP contribution in [0.3, 0.4) is 0 Å². The van der Waals surface area contributed by atoms with Gasteiger partial charge in [-0.2, -0.15) is 0 Å². The van der Waals surface area contributed by atoms with E-state index in [1.54, 1.807) is 19.0 Å². The Kier molecular flexibility index (Phi) is 3.51. The number of carbonyl (C=O) groups excluding carboxylic acids is 1. The Morgan fingerprint density at radius 3 is 2.86 bits per heavy atom. The summed E-state index contributed by atoms with van der Waals surface area (Å²) in [6.45, 7) is 2.05. The molecule has 108 valence electrons. The summed E-state index contributed by atoms with van der Waals surface area (Å²) in [6.07, 6.45) is 0.360. The molecule has 4 nitrogen and oxygen atoms in total. The van der Waals surface area contributed by atoms with Gasteiger partial charge in [-0.1, -0.05) is 18.2 Å². The maximum absolute atomic E-state index is 11.8. The maximum Gasteiger partial charge on any atom is 0.228 e. The molecule has 0 aliphatic heterocycles. The second kappa shape index (κ2) is 5.33. The van der Waals surface area contributed by atoms with Crippen LogP contribution in [0.1, 0.15) is 10.7 Å². The normalized spacial score (nSPS) is 11.0. The van der Waals surface area contributed by atoms with Crippen LogP contribution >= 0.6 is 11.3 Å². The summed E-state index contributed by atoms with van der Waals surface area (Å²) in [7, 11) is 3.53. The Labute approximate surface area is 127 Å². The van der Waals surface area contributed by atoms with E-state index in [0.717, 1.165) is 27.5 Å². The SMILES string of the molecule is Cc1[nH]c2ccccc2c1-c1csc(CC(=O)N(C)C)n1. The number of amides is 1. The van der Waals surface area contributed by atoms with Crippen molar-refractivity contribution in [1.82, 2.24) is 14.9 Å². The molecule has 0 unspecified atom stereocenters. The van der Waals surface area contributed by atoms with Gasteiger partial charge in [0.15, 0.2) is 0 Å². The number of rotatable bonds is 3. The van der Waals surface area contributed by atoms with Gasteiger partial charge in [0.05, 0.1) is 12.1 Å². The fourth-order valence-corrected chi connectivity index (χ4v) is 3.18. The quantitative estimate of drug-likeness (QED) is 0.807. The first-order chi connectivity index (χ1) is 10.1. The molecule has 0 bridgehead atoms. The Bertz CT molecular complexity index is 801. The van der Waals surface area contributed by atoms with E-state index in [-0.39, 0.29) is 5.91 Å². The standard InChI is InChI=1S/C16H17N3OS/c1-10-16(11-6-4-5-7-12(11)17-10)13-9-21-14(18-13)8-15(20)19(2)3/h4-7,9,17H,8H2,1-3H3. The summed E-state index contributed by atoms with van der Waals surface area (Å²) in [6, 6.07) is 8.21. The molecule has 1 amide bonds. The predicted octanol–water partition coefficient (Wildman–Crippen LogP) is 3.23. The molecule has 21 heavy (non-hydrogen) atoms. The van der Waals surface area contributed by atoms with Crippen molar-refractivity contribution in [3.8, 4) is 11.3 Å². The lowest BCUT2D eigenvalue weighted by Crippen LogP contribution is -2.23. The van der Waals surface area contributed by atoms with E-state index in [1.807, 2.05) is 17.5 Å². The summed E-state index contributed by atoms with van der Waals surface area (Å²) in [4.78, 5) is 21.4. The zero-order chi connectivity index (χ0) is 15.0. The number of hydrogen-bond donors (Lipinski definition) is 1. The van der Waals surface area contributed by atoms with Gasteiger partial charge in [0.25, 0.3) is 0 Å². The fraction of sp³-hybridized carbons (Fsp3) is 0.250. The number of hydrogen-bond acceptors (Lipinski definition) is 3. The molecule has 0 radical (unpaired) electrons. The average molecular weight is 299 g/mol. The lowest BCUT2D eigenvalue weighted by Gasteiger charge is -2.07. The van der Waals surface area contributed by atoms with Crippen molar-refractivity contribution in [3.63, 3.8) is 0 Å². The van der Waals surface area contributed by atoms with Crippen molar-refractivity contribution in [1.29, 1.82) is 0 Å². The predicted molar refractivity (Wildman–Crippen MR) is 86.5 cm³/mol. The van der Waals surface area contributed by atoms with Crippen LogP contribution in [-0.4, -0.2) is 34.9 Å². The third-order valence-corrected chi connectivity index (χ3v) is 4.35. The number of likely N-dealkylation sites (N-methyl/N-ethyl adjacent to an activating group) is 1. The first kappa shape index (κ1) is 13.8. The minimum absolute atomic E-state index is 0.0755. The first-order valence-electron chi connectivity index (χ1n) is 6.78. The number of aromatic nitrogens is 2. The van der Waals surface area contributed by atoms with Gasteiger partial charge in [0.1, 0.15) is 5.01 Å². The molecule has 0 atom stereocenters. The summed E-state index contributed by atoms with van der Waals surface area (Å²) in [5.41, 5.74) is 4.29. The summed E-state index contributed by atoms with van der Waals surface area (Å²) in [5, 5.41) is 4.06. The van der Waals surface area contributed by atoms with Crippen LogP contribution < -0.4 is 0 Å². The number of thiazole rings is 1. The van der Waals surface area contributed by atoms with Crippen LogP contribution in [0.25, 0.3) is 22.2 Å². The molecule has 0 saturated heterocycles. The van der Waals surface area contributed by atoms with Crippen LogP contribution in [0.2, 0.25) is 0 Å². The van der Waals surface area contributed by atoms with Gasteiger partial charge in [-0.05, 0) is 13.0 Å². The molecule has 0 fully saturated rings. The van der Waals surface area contributed by atoms with Crippen molar-refractivity contribution in [2.45, 2.75) is 13.3 Å². The van der Waals surface area contributed by atoms with Crippen LogP contribution in [0, 0.1) is 6.92 Å². The van der Waals surface area contributed by atoms with E-state index in [4.69, 9.17) is 0 Å². The number of aromatic amines is 1. The number of para-hydroxylation sites is 1. The Morgan fingerprint density at radius 1 is 1.33 bits per heavy atom. The highest BCUT2D eigenvalue weighted by Gasteiger charge is 2.15. The number of aryl methyl sites for hydroxylation is 1. The molecule has 0 aliphatic carbocycles. The van der Waals surface area contributed by atoms with Crippen molar-refractivity contribution < 1.29 is 4.79 Å². The highest BCUT2D eigenvalue weighted by Crippen LogP contribution is 2.32. The minimum Gasteiger partial charge on any atom is -0.358 e. The highest BCUT2D eigenvalue weighted by molar-refractivity contribution is 7.10. The molecular formula is C16H17N3OS. The van der Waals surface area contributed by atoms with Gasteiger partial charge in [0, 0.05) is 41.6 Å². The summed E-state index contributed by atoms with van der Waals surface area (Å²) >= 11 is 1.54. The number of fused-ring (bicyclic) bond motifs is 1. The van der Waals surface area contributed by atoms with E-state index in [9.17, 15) is 4.79 Å². The number of nitrogens with one attached hydrogen (secondary N) is 1. The molecule has 3 rings (SSSR count). The van der Waals surface area contributed by atoms with E-state index in [2.05, 4.69) is 29.0 Å². The topological polar surface area (TPSA) is 49.0 Å². The van der Waals surface area contributed by atoms with Crippen LogP contribution in [0.4, 0.5) is 0 Å². The first-order valence-corrected chi connectivity index (χ1v) is 7.66. The Balaban J connectivity index is 1.99. The van der Waals surface area contributed by atoms with Gasteiger partial charge >= 0.3 is 0 Å². The van der Waals surface area contributed by atoms with E-state index in [0.29, 0.717) is 6.42 Å². The van der Waals surface area contributed by atoms with Crippen LogP contribution in [-0.2, 0) is 11.2 Å². The largest absolute Gasteiger partial charge is 0.358 e.